The van der Waals surface area contributed by atoms with Crippen LogP contribution < -0.4 is 4.72 Å². The summed E-state index contributed by atoms with van der Waals surface area (Å²) in [5, 5.41) is 21.8. The summed E-state index contributed by atoms with van der Waals surface area (Å²) in [5.41, 5.74) is 1.37. The lowest BCUT2D eigenvalue weighted by Crippen LogP contribution is -2.25. The van der Waals surface area contributed by atoms with Crippen molar-refractivity contribution in [2.75, 3.05) is 0 Å². The van der Waals surface area contributed by atoms with Crippen LogP contribution in [0.2, 0.25) is 0 Å². The SMILES string of the molecule is O=S(=O)(Cc1ccc(CO)cc1)NCc1nn[nH]n1. The molecule has 3 N–H and O–H groups in total. The van der Waals surface area contributed by atoms with Gasteiger partial charge < -0.3 is 5.11 Å². The number of aliphatic hydroxyl groups is 1. The van der Waals surface area contributed by atoms with E-state index in [1.54, 1.807) is 24.3 Å². The number of nitrogens with one attached hydrogen (secondary N) is 2. The molecule has 0 aliphatic carbocycles. The first-order valence-corrected chi connectivity index (χ1v) is 7.12. The number of hydrogen-bond acceptors (Lipinski definition) is 6. The number of aliphatic hydroxyl groups excluding tert-OH is 1. The van der Waals surface area contributed by atoms with Crippen molar-refractivity contribution >= 4 is 10.0 Å². The predicted molar refractivity (Wildman–Crippen MR) is 66.0 cm³/mol. The molecule has 9 heteroatoms. The highest BCUT2D eigenvalue weighted by atomic mass is 32.2. The second-order valence-electron chi connectivity index (χ2n) is 3.88. The number of sulfonamides is 1. The molecule has 0 radical (unpaired) electrons. The lowest BCUT2D eigenvalue weighted by molar-refractivity contribution is 0.282. The van der Waals surface area contributed by atoms with Crippen molar-refractivity contribution in [2.24, 2.45) is 0 Å². The zero-order chi connectivity index (χ0) is 13.7. The number of aromatic nitrogens is 4. The fourth-order valence-corrected chi connectivity index (χ4v) is 2.53. The van der Waals surface area contributed by atoms with E-state index in [2.05, 4.69) is 25.3 Å². The van der Waals surface area contributed by atoms with Crippen LogP contribution in [0.25, 0.3) is 0 Å². The van der Waals surface area contributed by atoms with Gasteiger partial charge in [-0.1, -0.05) is 29.5 Å². The third-order valence-corrected chi connectivity index (χ3v) is 3.70. The smallest absolute Gasteiger partial charge is 0.216 e. The molecule has 0 atom stereocenters. The number of benzene rings is 1. The molecule has 0 fully saturated rings. The Balaban J connectivity index is 1.96. The Hall–Kier alpha value is -1.84. The van der Waals surface area contributed by atoms with E-state index in [9.17, 15) is 8.42 Å². The number of nitrogens with zero attached hydrogens (tertiary/aromatic N) is 3. The van der Waals surface area contributed by atoms with Gasteiger partial charge in [0.15, 0.2) is 5.82 Å². The summed E-state index contributed by atoms with van der Waals surface area (Å²) in [7, 11) is -3.46. The van der Waals surface area contributed by atoms with Crippen molar-refractivity contribution in [1.82, 2.24) is 25.3 Å². The highest BCUT2D eigenvalue weighted by Gasteiger charge is 2.12. The van der Waals surface area contributed by atoms with E-state index >= 15 is 0 Å². The zero-order valence-electron chi connectivity index (χ0n) is 9.94. The molecule has 0 aliphatic heterocycles. The molecule has 102 valence electrons. The van der Waals surface area contributed by atoms with Gasteiger partial charge in [-0.05, 0) is 11.1 Å². The van der Waals surface area contributed by atoms with Gasteiger partial charge in [0, 0.05) is 0 Å². The summed E-state index contributed by atoms with van der Waals surface area (Å²) in [6.07, 6.45) is 0. The Labute approximate surface area is 109 Å². The van der Waals surface area contributed by atoms with Gasteiger partial charge in [0.05, 0.1) is 18.9 Å². The lowest BCUT2D eigenvalue weighted by Gasteiger charge is -2.05. The van der Waals surface area contributed by atoms with Gasteiger partial charge in [-0.15, -0.1) is 10.2 Å². The van der Waals surface area contributed by atoms with Crippen LogP contribution in [0, 0.1) is 0 Å². The highest BCUT2D eigenvalue weighted by Crippen LogP contribution is 2.08. The Morgan fingerprint density at radius 3 is 2.47 bits per heavy atom. The highest BCUT2D eigenvalue weighted by molar-refractivity contribution is 7.88. The Kier molecular flexibility index (Phi) is 4.20. The van der Waals surface area contributed by atoms with E-state index in [4.69, 9.17) is 5.11 Å². The minimum Gasteiger partial charge on any atom is -0.392 e. The summed E-state index contributed by atoms with van der Waals surface area (Å²) < 4.78 is 26.0. The third-order valence-electron chi connectivity index (χ3n) is 2.40. The van der Waals surface area contributed by atoms with Crippen LogP contribution in [0.4, 0.5) is 0 Å². The molecule has 0 unspecified atom stereocenters. The van der Waals surface area contributed by atoms with E-state index in [-0.39, 0.29) is 24.7 Å². The minimum absolute atomic E-state index is 0.00639. The molecule has 0 aliphatic rings. The number of rotatable bonds is 6. The van der Waals surface area contributed by atoms with Crippen LogP contribution >= 0.6 is 0 Å². The largest absolute Gasteiger partial charge is 0.392 e. The van der Waals surface area contributed by atoms with Crippen molar-refractivity contribution in [2.45, 2.75) is 18.9 Å². The summed E-state index contributed by atoms with van der Waals surface area (Å²) in [6, 6.07) is 6.70. The molecule has 2 rings (SSSR count). The minimum atomic E-state index is -3.46. The van der Waals surface area contributed by atoms with Crippen molar-refractivity contribution in [1.29, 1.82) is 0 Å². The van der Waals surface area contributed by atoms with Crippen LogP contribution in [0.15, 0.2) is 24.3 Å². The van der Waals surface area contributed by atoms with Gasteiger partial charge in [-0.2, -0.15) is 5.21 Å². The Bertz CT molecular complexity index is 609. The van der Waals surface area contributed by atoms with E-state index in [1.165, 1.54) is 0 Å². The first-order valence-electron chi connectivity index (χ1n) is 5.47. The first kappa shape index (κ1) is 13.6. The number of hydrogen-bond donors (Lipinski definition) is 3. The molecule has 1 heterocycles. The van der Waals surface area contributed by atoms with Crippen LogP contribution in [-0.2, 0) is 28.9 Å². The van der Waals surface area contributed by atoms with E-state index in [0.29, 0.717) is 5.56 Å². The topological polar surface area (TPSA) is 121 Å². The second-order valence-corrected chi connectivity index (χ2v) is 5.69. The van der Waals surface area contributed by atoms with Crippen LogP contribution in [0.1, 0.15) is 17.0 Å². The average Bonchev–Trinajstić information content (AvgIpc) is 2.90. The molecule has 1 aromatic carbocycles. The quantitative estimate of drug-likeness (QED) is 0.645. The predicted octanol–water partition coefficient (Wildman–Crippen LogP) is -0.688. The van der Waals surface area contributed by atoms with Crippen molar-refractivity contribution in [3.63, 3.8) is 0 Å². The molecule has 8 nitrogen and oxygen atoms in total. The van der Waals surface area contributed by atoms with E-state index < -0.39 is 10.0 Å². The molecule has 1 aromatic heterocycles. The lowest BCUT2D eigenvalue weighted by atomic mass is 10.2. The molecule has 0 spiro atoms. The Morgan fingerprint density at radius 1 is 1.21 bits per heavy atom. The maximum atomic E-state index is 11.8. The Morgan fingerprint density at radius 2 is 1.89 bits per heavy atom. The maximum Gasteiger partial charge on any atom is 0.216 e. The molecule has 0 saturated carbocycles. The molecular weight excluding hydrogens is 270 g/mol. The van der Waals surface area contributed by atoms with Gasteiger partial charge in [-0.3, -0.25) is 0 Å². The molecule has 0 saturated heterocycles. The average molecular weight is 283 g/mol. The van der Waals surface area contributed by atoms with Gasteiger partial charge in [-0.25, -0.2) is 13.1 Å². The third kappa shape index (κ3) is 4.09. The standard InChI is InChI=1S/C10H13N5O3S/c16-6-8-1-3-9(4-2-8)7-19(17,18)11-5-10-12-14-15-13-10/h1-4,11,16H,5-7H2,(H,12,13,14,15). The van der Waals surface area contributed by atoms with Crippen molar-refractivity contribution < 1.29 is 13.5 Å². The normalized spacial score (nSPS) is 11.6. The van der Waals surface area contributed by atoms with Gasteiger partial charge in [0.2, 0.25) is 10.0 Å². The van der Waals surface area contributed by atoms with Crippen molar-refractivity contribution in [3.05, 3.63) is 41.2 Å². The van der Waals surface area contributed by atoms with Gasteiger partial charge in [0.25, 0.3) is 0 Å². The van der Waals surface area contributed by atoms with E-state index in [0.717, 1.165) is 5.56 Å². The van der Waals surface area contributed by atoms with E-state index in [1.807, 2.05) is 0 Å². The second kappa shape index (κ2) is 5.87. The van der Waals surface area contributed by atoms with Gasteiger partial charge in [0.1, 0.15) is 0 Å². The molecule has 0 amide bonds. The number of aromatic amines is 1. The summed E-state index contributed by atoms with van der Waals surface area (Å²) in [6.45, 7) is -0.0728. The van der Waals surface area contributed by atoms with Gasteiger partial charge >= 0.3 is 0 Å². The fraction of sp³-hybridized carbons (Fsp3) is 0.300. The first-order chi connectivity index (χ1) is 9.09. The van der Waals surface area contributed by atoms with Crippen molar-refractivity contribution in [3.8, 4) is 0 Å². The van der Waals surface area contributed by atoms with Crippen LogP contribution in [0.3, 0.4) is 0 Å². The van der Waals surface area contributed by atoms with Crippen LogP contribution in [-0.4, -0.2) is 34.1 Å². The molecule has 19 heavy (non-hydrogen) atoms. The number of tetrazole rings is 1. The van der Waals surface area contributed by atoms with Crippen LogP contribution in [0.5, 0.6) is 0 Å². The summed E-state index contributed by atoms with van der Waals surface area (Å²) in [5.74, 6) is 0.135. The summed E-state index contributed by atoms with van der Waals surface area (Å²) in [4.78, 5) is 0. The fourth-order valence-electron chi connectivity index (χ4n) is 1.44. The zero-order valence-corrected chi connectivity index (χ0v) is 10.8. The molecule has 0 bridgehead atoms. The molecular formula is C10H13N5O3S. The number of H-pyrrole nitrogens is 1. The monoisotopic (exact) mass is 283 g/mol. The maximum absolute atomic E-state index is 11.8. The molecule has 2 aromatic rings. The summed E-state index contributed by atoms with van der Waals surface area (Å²) >= 11 is 0.